The molecule has 3 nitrogen and oxygen atoms in total. The van der Waals surface area contributed by atoms with Crippen LogP contribution in [0.1, 0.15) is 18.9 Å². The summed E-state index contributed by atoms with van der Waals surface area (Å²) in [5.41, 5.74) is 0.872. The third-order valence-electron chi connectivity index (χ3n) is 3.82. The molecule has 1 heterocycles. The first-order chi connectivity index (χ1) is 9.61. The topological polar surface area (TPSA) is 23.6 Å². The predicted octanol–water partition coefficient (Wildman–Crippen LogP) is 3.09. The van der Waals surface area contributed by atoms with Crippen molar-refractivity contribution in [2.75, 3.05) is 32.7 Å². The lowest BCUT2D eigenvalue weighted by atomic mass is 10.1. The van der Waals surface area contributed by atoms with E-state index in [1.165, 1.54) is 0 Å². The molecule has 0 saturated carbocycles. The second-order valence-electron chi connectivity index (χ2n) is 5.02. The van der Waals surface area contributed by atoms with Gasteiger partial charge in [-0.3, -0.25) is 4.79 Å². The van der Waals surface area contributed by atoms with Gasteiger partial charge in [-0.15, -0.1) is 0 Å². The second-order valence-corrected chi connectivity index (χ2v) is 5.83. The number of carbonyl (C=O) groups is 1. The third-order valence-corrected chi connectivity index (χ3v) is 4.53. The standard InChI is InChI=1S/C15H20Cl2N2O/c1-2-18-8-10-19(11-9-18)15(20)7-6-12-13(16)4-3-5-14(12)17/h3-5H,2,6-11H2,1H3. The van der Waals surface area contributed by atoms with Crippen LogP contribution in [0.2, 0.25) is 10.0 Å². The Hall–Kier alpha value is -0.770. The van der Waals surface area contributed by atoms with Gasteiger partial charge in [0.1, 0.15) is 0 Å². The van der Waals surface area contributed by atoms with E-state index >= 15 is 0 Å². The smallest absolute Gasteiger partial charge is 0.222 e. The van der Waals surface area contributed by atoms with E-state index in [0.29, 0.717) is 22.9 Å². The van der Waals surface area contributed by atoms with Crippen molar-refractivity contribution in [3.8, 4) is 0 Å². The van der Waals surface area contributed by atoms with Crippen LogP contribution in [0.3, 0.4) is 0 Å². The zero-order chi connectivity index (χ0) is 14.5. The van der Waals surface area contributed by atoms with Gasteiger partial charge in [0, 0.05) is 42.6 Å². The van der Waals surface area contributed by atoms with Crippen LogP contribution in [-0.4, -0.2) is 48.4 Å². The van der Waals surface area contributed by atoms with Gasteiger partial charge < -0.3 is 9.80 Å². The third kappa shape index (κ3) is 3.87. The average molecular weight is 315 g/mol. The van der Waals surface area contributed by atoms with Gasteiger partial charge >= 0.3 is 0 Å². The number of halogens is 2. The Morgan fingerprint density at radius 2 is 1.75 bits per heavy atom. The number of likely N-dealkylation sites (N-methyl/N-ethyl adjacent to an activating group) is 1. The van der Waals surface area contributed by atoms with Crippen molar-refractivity contribution >= 4 is 29.1 Å². The summed E-state index contributed by atoms with van der Waals surface area (Å²) in [7, 11) is 0. The van der Waals surface area contributed by atoms with E-state index in [9.17, 15) is 4.79 Å². The fraction of sp³-hybridized carbons (Fsp3) is 0.533. The lowest BCUT2D eigenvalue weighted by Gasteiger charge is -2.34. The molecule has 0 radical (unpaired) electrons. The van der Waals surface area contributed by atoms with Crippen LogP contribution in [0.15, 0.2) is 18.2 Å². The normalized spacial score (nSPS) is 16.4. The van der Waals surface area contributed by atoms with Crippen LogP contribution >= 0.6 is 23.2 Å². The largest absolute Gasteiger partial charge is 0.340 e. The van der Waals surface area contributed by atoms with Crippen molar-refractivity contribution in [3.63, 3.8) is 0 Å². The van der Waals surface area contributed by atoms with Crippen LogP contribution in [0.4, 0.5) is 0 Å². The summed E-state index contributed by atoms with van der Waals surface area (Å²) in [6.45, 7) is 6.78. The first-order valence-electron chi connectivity index (χ1n) is 7.05. The molecular formula is C15H20Cl2N2O. The average Bonchev–Trinajstić information content (AvgIpc) is 2.46. The van der Waals surface area contributed by atoms with Crippen LogP contribution in [-0.2, 0) is 11.2 Å². The Kier molecular flexibility index (Phi) is 5.70. The van der Waals surface area contributed by atoms with Crippen LogP contribution in [0.5, 0.6) is 0 Å². The van der Waals surface area contributed by atoms with E-state index in [2.05, 4.69) is 11.8 Å². The summed E-state index contributed by atoms with van der Waals surface area (Å²) in [5, 5.41) is 1.28. The maximum absolute atomic E-state index is 12.2. The van der Waals surface area contributed by atoms with Crippen LogP contribution in [0, 0.1) is 0 Å². The van der Waals surface area contributed by atoms with E-state index in [4.69, 9.17) is 23.2 Å². The molecule has 0 bridgehead atoms. The predicted molar refractivity (Wildman–Crippen MR) is 83.5 cm³/mol. The number of amides is 1. The second kappa shape index (κ2) is 7.30. The Balaban J connectivity index is 1.87. The Morgan fingerprint density at radius 1 is 1.15 bits per heavy atom. The van der Waals surface area contributed by atoms with E-state index in [1.807, 2.05) is 23.1 Å². The SMILES string of the molecule is CCN1CCN(C(=O)CCc2c(Cl)cccc2Cl)CC1. The highest BCUT2D eigenvalue weighted by atomic mass is 35.5. The van der Waals surface area contributed by atoms with E-state index < -0.39 is 0 Å². The molecule has 5 heteroatoms. The highest BCUT2D eigenvalue weighted by Crippen LogP contribution is 2.25. The van der Waals surface area contributed by atoms with Crippen LogP contribution in [0.25, 0.3) is 0 Å². The molecule has 1 amide bonds. The molecule has 0 unspecified atom stereocenters. The van der Waals surface area contributed by atoms with Gasteiger partial charge in [0.15, 0.2) is 0 Å². The molecule has 2 rings (SSSR count). The molecule has 0 aromatic heterocycles. The number of benzene rings is 1. The highest BCUT2D eigenvalue weighted by molar-refractivity contribution is 6.36. The lowest BCUT2D eigenvalue weighted by molar-refractivity contribution is -0.132. The number of rotatable bonds is 4. The zero-order valence-electron chi connectivity index (χ0n) is 11.7. The fourth-order valence-corrected chi connectivity index (χ4v) is 3.06. The molecule has 1 saturated heterocycles. The summed E-state index contributed by atoms with van der Waals surface area (Å²) in [6.07, 6.45) is 1.07. The highest BCUT2D eigenvalue weighted by Gasteiger charge is 2.20. The van der Waals surface area contributed by atoms with E-state index in [-0.39, 0.29) is 5.91 Å². The molecular weight excluding hydrogens is 295 g/mol. The molecule has 0 atom stereocenters. The number of nitrogens with zero attached hydrogens (tertiary/aromatic N) is 2. The first-order valence-corrected chi connectivity index (χ1v) is 7.80. The monoisotopic (exact) mass is 314 g/mol. The number of hydrogen-bond donors (Lipinski definition) is 0. The molecule has 110 valence electrons. The Morgan fingerprint density at radius 3 is 2.30 bits per heavy atom. The van der Waals surface area contributed by atoms with E-state index in [1.54, 1.807) is 0 Å². The fourth-order valence-electron chi connectivity index (χ4n) is 2.47. The van der Waals surface area contributed by atoms with Crippen molar-refractivity contribution in [2.24, 2.45) is 0 Å². The van der Waals surface area contributed by atoms with Gasteiger partial charge in [-0.2, -0.15) is 0 Å². The summed E-state index contributed by atoms with van der Waals surface area (Å²) >= 11 is 12.2. The molecule has 0 aliphatic carbocycles. The van der Waals surface area contributed by atoms with Gasteiger partial charge in [-0.1, -0.05) is 36.2 Å². The van der Waals surface area contributed by atoms with Gasteiger partial charge in [0.25, 0.3) is 0 Å². The van der Waals surface area contributed by atoms with Crippen molar-refractivity contribution in [1.29, 1.82) is 0 Å². The molecule has 1 fully saturated rings. The summed E-state index contributed by atoms with van der Waals surface area (Å²) < 4.78 is 0. The maximum Gasteiger partial charge on any atom is 0.222 e. The van der Waals surface area contributed by atoms with Gasteiger partial charge in [0.2, 0.25) is 5.91 Å². The minimum Gasteiger partial charge on any atom is -0.340 e. The van der Waals surface area contributed by atoms with Gasteiger partial charge in [-0.25, -0.2) is 0 Å². The summed E-state index contributed by atoms with van der Waals surface area (Å²) in [6, 6.07) is 5.44. The van der Waals surface area contributed by atoms with Gasteiger partial charge in [0.05, 0.1) is 0 Å². The Bertz CT molecular complexity index is 451. The molecule has 1 aliphatic rings. The van der Waals surface area contributed by atoms with Gasteiger partial charge in [-0.05, 0) is 30.7 Å². The number of carbonyl (C=O) groups excluding carboxylic acids is 1. The van der Waals surface area contributed by atoms with E-state index in [0.717, 1.165) is 38.3 Å². The Labute approximate surface area is 130 Å². The summed E-state index contributed by atoms with van der Waals surface area (Å²) in [5.74, 6) is 0.191. The van der Waals surface area contributed by atoms with Crippen LogP contribution < -0.4 is 0 Å². The molecule has 0 N–H and O–H groups in total. The lowest BCUT2D eigenvalue weighted by Crippen LogP contribution is -2.48. The molecule has 20 heavy (non-hydrogen) atoms. The number of hydrogen-bond acceptors (Lipinski definition) is 2. The first kappa shape index (κ1) is 15.6. The minimum absolute atomic E-state index is 0.191. The van der Waals surface area contributed by atoms with Crippen molar-refractivity contribution in [2.45, 2.75) is 19.8 Å². The molecule has 1 aromatic rings. The number of piperazine rings is 1. The molecule has 1 aliphatic heterocycles. The van der Waals surface area contributed by atoms with Crippen molar-refractivity contribution in [3.05, 3.63) is 33.8 Å². The molecule has 1 aromatic carbocycles. The van der Waals surface area contributed by atoms with Crippen molar-refractivity contribution < 1.29 is 4.79 Å². The minimum atomic E-state index is 0.191. The zero-order valence-corrected chi connectivity index (χ0v) is 13.3. The van der Waals surface area contributed by atoms with Crippen molar-refractivity contribution in [1.82, 2.24) is 9.80 Å². The molecule has 0 spiro atoms. The summed E-state index contributed by atoms with van der Waals surface area (Å²) in [4.78, 5) is 16.5. The quantitative estimate of drug-likeness (QED) is 0.852. The maximum atomic E-state index is 12.2.